The number of ether oxygens (including phenoxy) is 1. The predicted octanol–water partition coefficient (Wildman–Crippen LogP) is 2.04. The quantitative estimate of drug-likeness (QED) is 0.857. The molecule has 0 radical (unpaired) electrons. The van der Waals surface area contributed by atoms with Crippen LogP contribution in [0.3, 0.4) is 0 Å². The van der Waals surface area contributed by atoms with Gasteiger partial charge in [-0.05, 0) is 23.5 Å². The third-order valence-electron chi connectivity index (χ3n) is 3.49. The van der Waals surface area contributed by atoms with E-state index in [9.17, 15) is 4.79 Å². The number of carbonyl (C=O) groups is 1. The second-order valence-corrected chi connectivity index (χ2v) is 6.21. The molecule has 1 aliphatic rings. The minimum atomic E-state index is -0.898. The number of hydrogen-bond donors (Lipinski definition) is 2. The number of rotatable bonds is 2. The summed E-state index contributed by atoms with van der Waals surface area (Å²) in [5.74, 6) is -0.165. The molecule has 1 aromatic carbocycles. The molecule has 0 aromatic heterocycles. The van der Waals surface area contributed by atoms with Crippen molar-refractivity contribution in [2.24, 2.45) is 5.73 Å². The van der Waals surface area contributed by atoms with Crippen LogP contribution < -0.4 is 11.1 Å². The summed E-state index contributed by atoms with van der Waals surface area (Å²) >= 11 is 0. The number of carbonyl (C=O) groups excluding carboxylic acids is 1. The Balaban J connectivity index is 2.22. The van der Waals surface area contributed by atoms with Crippen molar-refractivity contribution in [3.63, 3.8) is 0 Å². The van der Waals surface area contributed by atoms with Crippen LogP contribution in [0.1, 0.15) is 32.8 Å². The van der Waals surface area contributed by atoms with E-state index in [1.165, 1.54) is 0 Å². The van der Waals surface area contributed by atoms with Gasteiger partial charge in [-0.15, -0.1) is 0 Å². The molecule has 0 spiro atoms. The van der Waals surface area contributed by atoms with Crippen molar-refractivity contribution in [1.29, 1.82) is 0 Å². The third kappa shape index (κ3) is 2.96. The molecule has 1 aliphatic heterocycles. The Hall–Kier alpha value is -1.39. The molecule has 0 saturated carbocycles. The first-order valence-corrected chi connectivity index (χ1v) is 6.60. The summed E-state index contributed by atoms with van der Waals surface area (Å²) in [4.78, 5) is 12.3. The molecule has 0 aliphatic carbocycles. The largest absolute Gasteiger partial charge is 0.379 e. The van der Waals surface area contributed by atoms with Crippen molar-refractivity contribution in [2.75, 3.05) is 18.5 Å². The van der Waals surface area contributed by atoms with Gasteiger partial charge in [0.25, 0.3) is 0 Å². The summed E-state index contributed by atoms with van der Waals surface area (Å²) in [5.41, 5.74) is 7.08. The highest BCUT2D eigenvalue weighted by Crippen LogP contribution is 2.30. The van der Waals surface area contributed by atoms with Gasteiger partial charge in [-0.25, -0.2) is 0 Å². The zero-order valence-corrected chi connectivity index (χ0v) is 11.8. The Bertz CT molecular complexity index is 471. The molecule has 1 amide bonds. The molecule has 1 saturated heterocycles. The Morgan fingerprint density at radius 3 is 2.63 bits per heavy atom. The third-order valence-corrected chi connectivity index (χ3v) is 3.49. The molecular weight excluding hydrogens is 240 g/mol. The highest BCUT2D eigenvalue weighted by Gasteiger charge is 2.38. The van der Waals surface area contributed by atoms with Crippen molar-refractivity contribution in [3.05, 3.63) is 29.8 Å². The molecule has 104 valence electrons. The first-order chi connectivity index (χ1) is 8.83. The van der Waals surface area contributed by atoms with Gasteiger partial charge in [0.1, 0.15) is 5.54 Å². The van der Waals surface area contributed by atoms with Gasteiger partial charge >= 0.3 is 0 Å². The van der Waals surface area contributed by atoms with E-state index in [-0.39, 0.29) is 17.9 Å². The second-order valence-electron chi connectivity index (χ2n) is 6.21. The second kappa shape index (κ2) is 4.94. The van der Waals surface area contributed by atoms with E-state index < -0.39 is 5.54 Å². The molecule has 1 heterocycles. The van der Waals surface area contributed by atoms with E-state index in [0.29, 0.717) is 13.0 Å². The van der Waals surface area contributed by atoms with Crippen molar-refractivity contribution < 1.29 is 9.53 Å². The van der Waals surface area contributed by atoms with Gasteiger partial charge in [-0.2, -0.15) is 0 Å². The highest BCUT2D eigenvalue weighted by atomic mass is 16.5. The number of nitrogens with one attached hydrogen (secondary N) is 1. The highest BCUT2D eigenvalue weighted by molar-refractivity contribution is 5.99. The maximum absolute atomic E-state index is 12.3. The SMILES string of the molecule is CC(C)(C)c1ccccc1NC(=O)C1(N)CCOC1. The summed E-state index contributed by atoms with van der Waals surface area (Å²) in [6, 6.07) is 7.84. The van der Waals surface area contributed by atoms with E-state index >= 15 is 0 Å². The monoisotopic (exact) mass is 262 g/mol. The number of hydrogen-bond acceptors (Lipinski definition) is 3. The van der Waals surface area contributed by atoms with Gasteiger partial charge in [0, 0.05) is 12.3 Å². The molecule has 4 nitrogen and oxygen atoms in total. The minimum Gasteiger partial charge on any atom is -0.379 e. The van der Waals surface area contributed by atoms with Gasteiger partial charge < -0.3 is 15.8 Å². The lowest BCUT2D eigenvalue weighted by atomic mass is 9.85. The fourth-order valence-electron chi connectivity index (χ4n) is 2.25. The molecule has 4 heteroatoms. The van der Waals surface area contributed by atoms with E-state index in [2.05, 4.69) is 26.1 Å². The van der Waals surface area contributed by atoms with E-state index in [1.807, 2.05) is 24.3 Å². The molecule has 0 bridgehead atoms. The van der Waals surface area contributed by atoms with Crippen LogP contribution in [-0.4, -0.2) is 24.7 Å². The zero-order chi connectivity index (χ0) is 14.1. The van der Waals surface area contributed by atoms with Gasteiger partial charge in [-0.1, -0.05) is 39.0 Å². The molecule has 1 atom stereocenters. The van der Waals surface area contributed by atoms with Crippen LogP contribution in [-0.2, 0) is 14.9 Å². The average molecular weight is 262 g/mol. The van der Waals surface area contributed by atoms with Crippen LogP contribution in [0.25, 0.3) is 0 Å². The summed E-state index contributed by atoms with van der Waals surface area (Å²) < 4.78 is 5.23. The first kappa shape index (κ1) is 14.0. The summed E-state index contributed by atoms with van der Waals surface area (Å²) in [7, 11) is 0. The van der Waals surface area contributed by atoms with Gasteiger partial charge in [0.05, 0.1) is 6.61 Å². The number of amides is 1. The normalized spacial score (nSPS) is 23.4. The fourth-order valence-corrected chi connectivity index (χ4v) is 2.25. The van der Waals surface area contributed by atoms with Crippen LogP contribution in [0.4, 0.5) is 5.69 Å². The predicted molar refractivity (Wildman–Crippen MR) is 76.1 cm³/mol. The van der Waals surface area contributed by atoms with Gasteiger partial charge in [0.2, 0.25) is 5.91 Å². The van der Waals surface area contributed by atoms with Crippen molar-refractivity contribution in [2.45, 2.75) is 38.1 Å². The van der Waals surface area contributed by atoms with Crippen LogP contribution in [0.15, 0.2) is 24.3 Å². The molecular formula is C15H22N2O2. The average Bonchev–Trinajstić information content (AvgIpc) is 2.77. The number of anilines is 1. The maximum atomic E-state index is 12.3. The Labute approximate surface area is 114 Å². The van der Waals surface area contributed by atoms with Crippen LogP contribution in [0.2, 0.25) is 0 Å². The lowest BCUT2D eigenvalue weighted by Crippen LogP contribution is -2.51. The molecule has 1 aromatic rings. The topological polar surface area (TPSA) is 64.4 Å². The van der Waals surface area contributed by atoms with Crippen LogP contribution >= 0.6 is 0 Å². The minimum absolute atomic E-state index is 0.0299. The zero-order valence-electron chi connectivity index (χ0n) is 11.8. The van der Waals surface area contributed by atoms with Crippen LogP contribution in [0, 0.1) is 0 Å². The summed E-state index contributed by atoms with van der Waals surface area (Å²) in [6.07, 6.45) is 0.566. The van der Waals surface area contributed by atoms with Crippen molar-refractivity contribution >= 4 is 11.6 Å². The smallest absolute Gasteiger partial charge is 0.246 e. The molecule has 2 rings (SSSR count). The van der Waals surface area contributed by atoms with E-state index in [4.69, 9.17) is 10.5 Å². The summed E-state index contributed by atoms with van der Waals surface area (Å²) in [6.45, 7) is 7.19. The molecule has 1 unspecified atom stereocenters. The standard InChI is InChI=1S/C15H22N2O2/c1-14(2,3)11-6-4-5-7-12(11)17-13(18)15(16)8-9-19-10-15/h4-7H,8-10,16H2,1-3H3,(H,17,18). The number of nitrogens with two attached hydrogens (primary N) is 1. The van der Waals surface area contributed by atoms with Crippen molar-refractivity contribution in [1.82, 2.24) is 0 Å². The fraction of sp³-hybridized carbons (Fsp3) is 0.533. The van der Waals surface area contributed by atoms with Crippen molar-refractivity contribution in [3.8, 4) is 0 Å². The Morgan fingerprint density at radius 1 is 1.37 bits per heavy atom. The number of benzene rings is 1. The Morgan fingerprint density at radius 2 is 2.05 bits per heavy atom. The lowest BCUT2D eigenvalue weighted by molar-refractivity contribution is -0.121. The summed E-state index contributed by atoms with van der Waals surface area (Å²) in [5, 5.41) is 2.96. The Kier molecular flexibility index (Phi) is 3.65. The van der Waals surface area contributed by atoms with Gasteiger partial charge in [-0.3, -0.25) is 4.79 Å². The molecule has 19 heavy (non-hydrogen) atoms. The number of para-hydroxylation sites is 1. The molecule has 3 N–H and O–H groups in total. The molecule has 1 fully saturated rings. The first-order valence-electron chi connectivity index (χ1n) is 6.60. The van der Waals surface area contributed by atoms with Gasteiger partial charge in [0.15, 0.2) is 0 Å². The van der Waals surface area contributed by atoms with Crippen LogP contribution in [0.5, 0.6) is 0 Å². The maximum Gasteiger partial charge on any atom is 0.246 e. The lowest BCUT2D eigenvalue weighted by Gasteiger charge is -2.26. The van der Waals surface area contributed by atoms with E-state index in [0.717, 1.165) is 11.3 Å². The van der Waals surface area contributed by atoms with E-state index in [1.54, 1.807) is 0 Å².